The number of carbonyl (C=O) groups is 2. The molecule has 2 rings (SSSR count). The SMILES string of the molecule is CC(C)(C)OC(=O)NCc1ccc2c(c1)CCC(=O)CC2. The molecule has 1 aliphatic carbocycles. The van der Waals surface area contributed by atoms with E-state index in [4.69, 9.17) is 4.74 Å². The zero-order valence-corrected chi connectivity index (χ0v) is 13.0. The molecule has 0 aliphatic heterocycles. The Morgan fingerprint density at radius 2 is 1.81 bits per heavy atom. The minimum absolute atomic E-state index is 0.333. The maximum Gasteiger partial charge on any atom is 0.407 e. The summed E-state index contributed by atoms with van der Waals surface area (Å²) in [6, 6.07) is 6.16. The van der Waals surface area contributed by atoms with Crippen LogP contribution in [0.15, 0.2) is 18.2 Å². The molecule has 0 heterocycles. The summed E-state index contributed by atoms with van der Waals surface area (Å²) in [4.78, 5) is 23.2. The average molecular weight is 289 g/mol. The van der Waals surface area contributed by atoms with Gasteiger partial charge in [-0.15, -0.1) is 0 Å². The first-order valence-corrected chi connectivity index (χ1v) is 7.43. The number of Topliss-reactive ketones (excluding diaryl/α,β-unsaturated/α-hetero) is 1. The van der Waals surface area contributed by atoms with E-state index in [0.717, 1.165) is 18.4 Å². The molecular formula is C17H23NO3. The lowest BCUT2D eigenvalue weighted by molar-refractivity contribution is -0.118. The van der Waals surface area contributed by atoms with E-state index in [2.05, 4.69) is 17.4 Å². The van der Waals surface area contributed by atoms with Crippen molar-refractivity contribution in [2.45, 2.75) is 58.6 Å². The number of ether oxygens (including phenoxy) is 1. The number of amides is 1. The summed E-state index contributed by atoms with van der Waals surface area (Å²) in [6.45, 7) is 5.96. The van der Waals surface area contributed by atoms with Gasteiger partial charge in [-0.05, 0) is 50.3 Å². The van der Waals surface area contributed by atoms with Gasteiger partial charge in [0.1, 0.15) is 11.4 Å². The molecule has 0 atom stereocenters. The van der Waals surface area contributed by atoms with Gasteiger partial charge in [0.25, 0.3) is 0 Å². The number of hydrogen-bond acceptors (Lipinski definition) is 3. The van der Waals surface area contributed by atoms with Crippen molar-refractivity contribution in [1.82, 2.24) is 5.32 Å². The molecule has 4 nitrogen and oxygen atoms in total. The molecule has 0 saturated heterocycles. The molecule has 0 aromatic heterocycles. The molecule has 0 fully saturated rings. The molecule has 1 aromatic rings. The lowest BCUT2D eigenvalue weighted by Crippen LogP contribution is -2.32. The predicted molar refractivity (Wildman–Crippen MR) is 81.2 cm³/mol. The maximum absolute atomic E-state index is 11.6. The minimum atomic E-state index is -0.488. The van der Waals surface area contributed by atoms with Crippen molar-refractivity contribution in [2.24, 2.45) is 0 Å². The number of hydrogen-bond donors (Lipinski definition) is 1. The van der Waals surface area contributed by atoms with Gasteiger partial charge in [-0.25, -0.2) is 4.79 Å². The van der Waals surface area contributed by atoms with Crippen LogP contribution in [0.3, 0.4) is 0 Å². The van der Waals surface area contributed by atoms with Gasteiger partial charge in [0.2, 0.25) is 0 Å². The highest BCUT2D eigenvalue weighted by atomic mass is 16.6. The molecule has 1 aliphatic rings. The van der Waals surface area contributed by atoms with Gasteiger partial charge in [-0.3, -0.25) is 4.79 Å². The summed E-state index contributed by atoms with van der Waals surface area (Å²) in [6.07, 6.45) is 2.48. The zero-order valence-electron chi connectivity index (χ0n) is 13.0. The number of alkyl carbamates (subject to hydrolysis) is 1. The fourth-order valence-electron chi connectivity index (χ4n) is 2.43. The number of nitrogens with one attached hydrogen (secondary N) is 1. The molecular weight excluding hydrogens is 266 g/mol. The second-order valence-electron chi connectivity index (χ2n) is 6.50. The van der Waals surface area contributed by atoms with Crippen molar-refractivity contribution >= 4 is 11.9 Å². The van der Waals surface area contributed by atoms with E-state index in [1.807, 2.05) is 26.8 Å². The highest BCUT2D eigenvalue weighted by molar-refractivity contribution is 5.79. The Morgan fingerprint density at radius 1 is 1.14 bits per heavy atom. The van der Waals surface area contributed by atoms with E-state index < -0.39 is 11.7 Å². The first-order valence-electron chi connectivity index (χ1n) is 7.43. The second-order valence-corrected chi connectivity index (χ2v) is 6.50. The van der Waals surface area contributed by atoms with Gasteiger partial charge in [0.15, 0.2) is 0 Å². The number of aryl methyl sites for hydroxylation is 2. The molecule has 21 heavy (non-hydrogen) atoms. The van der Waals surface area contributed by atoms with Gasteiger partial charge in [0, 0.05) is 19.4 Å². The normalized spacial score (nSPS) is 15.1. The Balaban J connectivity index is 1.96. The summed E-state index contributed by atoms with van der Waals surface area (Å²) in [7, 11) is 0. The predicted octanol–water partition coefficient (Wildman–Crippen LogP) is 3.16. The Hall–Kier alpha value is -1.84. The van der Waals surface area contributed by atoms with Gasteiger partial charge in [-0.2, -0.15) is 0 Å². The molecule has 1 amide bonds. The Kier molecular flexibility index (Phi) is 4.66. The summed E-state index contributed by atoms with van der Waals surface area (Å²) >= 11 is 0. The van der Waals surface area contributed by atoms with Crippen molar-refractivity contribution in [3.05, 3.63) is 34.9 Å². The van der Waals surface area contributed by atoms with Crippen molar-refractivity contribution in [2.75, 3.05) is 0 Å². The van der Waals surface area contributed by atoms with Gasteiger partial charge in [0.05, 0.1) is 0 Å². The second kappa shape index (κ2) is 6.29. The molecule has 1 N–H and O–H groups in total. The zero-order chi connectivity index (χ0) is 15.5. The maximum atomic E-state index is 11.6. The first-order chi connectivity index (χ1) is 9.83. The Labute approximate surface area is 125 Å². The van der Waals surface area contributed by atoms with Crippen LogP contribution in [0, 0.1) is 0 Å². The van der Waals surface area contributed by atoms with E-state index in [9.17, 15) is 9.59 Å². The van der Waals surface area contributed by atoms with Crippen LogP contribution in [0.4, 0.5) is 4.79 Å². The third-order valence-corrected chi connectivity index (χ3v) is 3.45. The molecule has 114 valence electrons. The summed E-state index contributed by atoms with van der Waals surface area (Å²) in [5.41, 5.74) is 3.03. The monoisotopic (exact) mass is 289 g/mol. The van der Waals surface area contributed by atoms with Crippen LogP contribution in [0.5, 0.6) is 0 Å². The number of ketones is 1. The number of benzene rings is 1. The number of fused-ring (bicyclic) bond motifs is 1. The van der Waals surface area contributed by atoms with Crippen LogP contribution in [0.1, 0.15) is 50.3 Å². The van der Waals surface area contributed by atoms with E-state index in [-0.39, 0.29) is 0 Å². The van der Waals surface area contributed by atoms with Crippen LogP contribution in [-0.2, 0) is 28.9 Å². The third kappa shape index (κ3) is 4.88. The third-order valence-electron chi connectivity index (χ3n) is 3.45. The summed E-state index contributed by atoms with van der Waals surface area (Å²) < 4.78 is 5.21. The summed E-state index contributed by atoms with van der Waals surface area (Å²) in [5.74, 6) is 0.333. The molecule has 0 radical (unpaired) electrons. The molecule has 0 spiro atoms. The number of carbonyl (C=O) groups excluding carboxylic acids is 2. The molecule has 0 unspecified atom stereocenters. The highest BCUT2D eigenvalue weighted by Gasteiger charge is 2.16. The smallest absolute Gasteiger partial charge is 0.407 e. The van der Waals surface area contributed by atoms with E-state index in [1.54, 1.807) is 0 Å². The Morgan fingerprint density at radius 3 is 2.48 bits per heavy atom. The largest absolute Gasteiger partial charge is 0.444 e. The van der Waals surface area contributed by atoms with E-state index in [0.29, 0.717) is 25.2 Å². The van der Waals surface area contributed by atoms with Gasteiger partial charge >= 0.3 is 6.09 Å². The first kappa shape index (κ1) is 15.5. The molecule has 1 aromatic carbocycles. The van der Waals surface area contributed by atoms with Gasteiger partial charge in [-0.1, -0.05) is 18.2 Å². The Bertz CT molecular complexity index is 543. The summed E-state index contributed by atoms with van der Waals surface area (Å²) in [5, 5.41) is 2.76. The van der Waals surface area contributed by atoms with Crippen LogP contribution < -0.4 is 5.32 Å². The molecule has 0 bridgehead atoms. The van der Waals surface area contributed by atoms with Crippen molar-refractivity contribution in [1.29, 1.82) is 0 Å². The average Bonchev–Trinajstić information content (AvgIpc) is 2.57. The van der Waals surface area contributed by atoms with Crippen molar-refractivity contribution in [3.63, 3.8) is 0 Å². The lowest BCUT2D eigenvalue weighted by Gasteiger charge is -2.19. The van der Waals surface area contributed by atoms with E-state index in [1.165, 1.54) is 11.1 Å². The van der Waals surface area contributed by atoms with Crippen LogP contribution in [-0.4, -0.2) is 17.5 Å². The van der Waals surface area contributed by atoms with E-state index >= 15 is 0 Å². The van der Waals surface area contributed by atoms with Gasteiger partial charge < -0.3 is 10.1 Å². The fourth-order valence-corrected chi connectivity index (χ4v) is 2.43. The number of rotatable bonds is 2. The topological polar surface area (TPSA) is 55.4 Å². The quantitative estimate of drug-likeness (QED) is 0.851. The van der Waals surface area contributed by atoms with Crippen LogP contribution in [0.2, 0.25) is 0 Å². The molecule has 4 heteroatoms. The van der Waals surface area contributed by atoms with Crippen LogP contribution >= 0.6 is 0 Å². The highest BCUT2D eigenvalue weighted by Crippen LogP contribution is 2.20. The van der Waals surface area contributed by atoms with Crippen molar-refractivity contribution < 1.29 is 14.3 Å². The van der Waals surface area contributed by atoms with Crippen molar-refractivity contribution in [3.8, 4) is 0 Å². The minimum Gasteiger partial charge on any atom is -0.444 e. The molecule has 0 saturated carbocycles. The fraction of sp³-hybridized carbons (Fsp3) is 0.529. The lowest BCUT2D eigenvalue weighted by atomic mass is 10.00. The van der Waals surface area contributed by atoms with Crippen LogP contribution in [0.25, 0.3) is 0 Å². The standard InChI is InChI=1S/C17H23NO3/c1-17(2,3)21-16(20)18-11-12-4-5-13-6-8-15(19)9-7-14(13)10-12/h4-5,10H,6-9,11H2,1-3H3,(H,18,20).